The summed E-state index contributed by atoms with van der Waals surface area (Å²) in [5.41, 5.74) is 2.82. The van der Waals surface area contributed by atoms with E-state index in [4.69, 9.17) is 14.2 Å². The van der Waals surface area contributed by atoms with Crippen molar-refractivity contribution >= 4 is 5.91 Å². The summed E-state index contributed by atoms with van der Waals surface area (Å²) in [7, 11) is 4.76. The van der Waals surface area contributed by atoms with Gasteiger partial charge in [-0.05, 0) is 29.8 Å². The molecule has 140 valence electrons. The Hall–Kier alpha value is -3.48. The Morgan fingerprint density at radius 2 is 1.85 bits per heavy atom. The first kappa shape index (κ1) is 18.3. The second-order valence-electron chi connectivity index (χ2n) is 5.76. The molecule has 0 aliphatic carbocycles. The minimum absolute atomic E-state index is 0.226. The molecule has 7 nitrogen and oxygen atoms in total. The normalized spacial score (nSPS) is 10.3. The van der Waals surface area contributed by atoms with E-state index in [9.17, 15) is 4.79 Å². The summed E-state index contributed by atoms with van der Waals surface area (Å²) >= 11 is 0. The van der Waals surface area contributed by atoms with Crippen molar-refractivity contribution in [3.05, 3.63) is 59.8 Å². The minimum Gasteiger partial charge on any atom is -0.497 e. The molecule has 0 bridgehead atoms. The Labute approximate surface area is 157 Å². The zero-order valence-electron chi connectivity index (χ0n) is 15.4. The monoisotopic (exact) mass is 367 g/mol. The quantitative estimate of drug-likeness (QED) is 0.670. The smallest absolute Gasteiger partial charge is 0.255 e. The fraction of sp³-hybridized carbons (Fsp3) is 0.200. The zero-order valence-corrected chi connectivity index (χ0v) is 15.4. The van der Waals surface area contributed by atoms with Crippen molar-refractivity contribution in [1.82, 2.24) is 15.5 Å². The third-order valence-corrected chi connectivity index (χ3v) is 4.14. The van der Waals surface area contributed by atoms with Crippen molar-refractivity contribution in [3.63, 3.8) is 0 Å². The molecule has 2 aromatic carbocycles. The average Bonchev–Trinajstić information content (AvgIpc) is 3.21. The number of hydrogen-bond acceptors (Lipinski definition) is 5. The molecule has 0 saturated carbocycles. The molecule has 1 aromatic heterocycles. The van der Waals surface area contributed by atoms with Crippen molar-refractivity contribution in [2.75, 3.05) is 21.3 Å². The Bertz CT molecular complexity index is 936. The highest BCUT2D eigenvalue weighted by Crippen LogP contribution is 2.28. The number of amides is 1. The van der Waals surface area contributed by atoms with Crippen molar-refractivity contribution in [3.8, 4) is 28.5 Å². The van der Waals surface area contributed by atoms with E-state index in [2.05, 4.69) is 15.5 Å². The van der Waals surface area contributed by atoms with Crippen LogP contribution in [0, 0.1) is 0 Å². The molecule has 0 radical (unpaired) electrons. The molecule has 1 amide bonds. The standard InChI is InChI=1S/C20H21N3O4/c1-25-15-6-4-5-14(10-15)19-16(12-22-23-19)20(24)21-11-13-7-8-17(26-2)18(9-13)27-3/h4-10,12H,11H2,1-3H3,(H,21,24)(H,22,23). The number of benzene rings is 2. The van der Waals surface area contributed by atoms with Gasteiger partial charge >= 0.3 is 0 Å². The fourth-order valence-electron chi connectivity index (χ4n) is 2.73. The van der Waals surface area contributed by atoms with Crippen LogP contribution in [0.5, 0.6) is 17.2 Å². The van der Waals surface area contributed by atoms with Crippen LogP contribution in [0.4, 0.5) is 0 Å². The SMILES string of the molecule is COc1cccc(-c2[nH]ncc2C(=O)NCc2ccc(OC)c(OC)c2)c1. The Morgan fingerprint density at radius 1 is 1.04 bits per heavy atom. The highest BCUT2D eigenvalue weighted by molar-refractivity contribution is 5.99. The largest absolute Gasteiger partial charge is 0.497 e. The van der Waals surface area contributed by atoms with Gasteiger partial charge in [0.15, 0.2) is 11.5 Å². The Balaban J connectivity index is 1.75. The zero-order chi connectivity index (χ0) is 19.2. The van der Waals surface area contributed by atoms with Crippen LogP contribution in [-0.2, 0) is 6.54 Å². The fourth-order valence-corrected chi connectivity index (χ4v) is 2.73. The van der Waals surface area contributed by atoms with Gasteiger partial charge in [-0.15, -0.1) is 0 Å². The van der Waals surface area contributed by atoms with Crippen LogP contribution in [0.2, 0.25) is 0 Å². The maximum absolute atomic E-state index is 12.6. The van der Waals surface area contributed by atoms with E-state index < -0.39 is 0 Å². The highest BCUT2D eigenvalue weighted by atomic mass is 16.5. The summed E-state index contributed by atoms with van der Waals surface area (Å²) in [6.45, 7) is 0.349. The molecule has 0 spiro atoms. The number of ether oxygens (including phenoxy) is 3. The molecule has 3 aromatic rings. The van der Waals surface area contributed by atoms with Gasteiger partial charge in [0.05, 0.1) is 38.8 Å². The molecule has 27 heavy (non-hydrogen) atoms. The summed E-state index contributed by atoms with van der Waals surface area (Å²) in [6, 6.07) is 13.0. The van der Waals surface area contributed by atoms with Crippen LogP contribution in [0.25, 0.3) is 11.3 Å². The van der Waals surface area contributed by atoms with Gasteiger partial charge in [0, 0.05) is 12.1 Å². The summed E-state index contributed by atoms with van der Waals surface area (Å²) in [5, 5.41) is 9.80. The first-order chi connectivity index (χ1) is 13.2. The summed E-state index contributed by atoms with van der Waals surface area (Å²) in [6.07, 6.45) is 1.51. The van der Waals surface area contributed by atoms with Crippen LogP contribution in [0.1, 0.15) is 15.9 Å². The van der Waals surface area contributed by atoms with E-state index in [1.165, 1.54) is 6.20 Å². The second-order valence-corrected chi connectivity index (χ2v) is 5.76. The number of hydrogen-bond donors (Lipinski definition) is 2. The van der Waals surface area contributed by atoms with Gasteiger partial charge in [-0.25, -0.2) is 0 Å². The first-order valence-electron chi connectivity index (χ1n) is 8.33. The van der Waals surface area contributed by atoms with Gasteiger partial charge in [0.2, 0.25) is 0 Å². The number of aromatic nitrogens is 2. The van der Waals surface area contributed by atoms with E-state index in [1.54, 1.807) is 27.4 Å². The lowest BCUT2D eigenvalue weighted by Gasteiger charge is -2.10. The minimum atomic E-state index is -0.226. The molecule has 2 N–H and O–H groups in total. The van der Waals surface area contributed by atoms with Gasteiger partial charge in [0.25, 0.3) is 5.91 Å². The van der Waals surface area contributed by atoms with Crippen molar-refractivity contribution in [2.45, 2.75) is 6.54 Å². The van der Waals surface area contributed by atoms with Crippen molar-refractivity contribution in [2.24, 2.45) is 0 Å². The van der Waals surface area contributed by atoms with E-state index in [-0.39, 0.29) is 5.91 Å². The molecular weight excluding hydrogens is 346 g/mol. The van der Waals surface area contributed by atoms with E-state index in [0.717, 1.165) is 11.1 Å². The summed E-state index contributed by atoms with van der Waals surface area (Å²) in [5.74, 6) is 1.74. The number of carbonyl (C=O) groups excluding carboxylic acids is 1. The predicted molar refractivity (Wildman–Crippen MR) is 101 cm³/mol. The van der Waals surface area contributed by atoms with Gasteiger partial charge < -0.3 is 19.5 Å². The number of methoxy groups -OCH3 is 3. The molecule has 0 aliphatic rings. The molecule has 3 rings (SSSR count). The van der Waals surface area contributed by atoms with Crippen LogP contribution < -0.4 is 19.5 Å². The molecular formula is C20H21N3O4. The molecule has 0 atom stereocenters. The van der Waals surface area contributed by atoms with Crippen LogP contribution in [0.3, 0.4) is 0 Å². The Morgan fingerprint density at radius 3 is 2.59 bits per heavy atom. The third kappa shape index (κ3) is 4.03. The number of nitrogens with one attached hydrogen (secondary N) is 2. The van der Waals surface area contributed by atoms with E-state index >= 15 is 0 Å². The number of aromatic amines is 1. The van der Waals surface area contributed by atoms with Gasteiger partial charge in [0.1, 0.15) is 5.75 Å². The van der Waals surface area contributed by atoms with Crippen LogP contribution in [-0.4, -0.2) is 37.4 Å². The molecule has 0 fully saturated rings. The Kier molecular flexibility index (Phi) is 5.61. The van der Waals surface area contributed by atoms with E-state index in [1.807, 2.05) is 36.4 Å². The lowest BCUT2D eigenvalue weighted by atomic mass is 10.1. The molecule has 0 aliphatic heterocycles. The lowest BCUT2D eigenvalue weighted by Crippen LogP contribution is -2.23. The third-order valence-electron chi connectivity index (χ3n) is 4.14. The number of H-pyrrole nitrogens is 1. The maximum atomic E-state index is 12.6. The van der Waals surface area contributed by atoms with Crippen LogP contribution in [0.15, 0.2) is 48.7 Å². The van der Waals surface area contributed by atoms with Crippen LogP contribution >= 0.6 is 0 Å². The van der Waals surface area contributed by atoms with Gasteiger partial charge in [-0.2, -0.15) is 5.10 Å². The lowest BCUT2D eigenvalue weighted by molar-refractivity contribution is 0.0951. The predicted octanol–water partition coefficient (Wildman–Crippen LogP) is 3.03. The maximum Gasteiger partial charge on any atom is 0.255 e. The second kappa shape index (κ2) is 8.27. The molecule has 0 unspecified atom stereocenters. The van der Waals surface area contributed by atoms with Crippen molar-refractivity contribution < 1.29 is 19.0 Å². The molecule has 1 heterocycles. The average molecular weight is 367 g/mol. The number of rotatable bonds is 7. The molecule has 7 heteroatoms. The number of nitrogens with zero attached hydrogens (tertiary/aromatic N) is 1. The summed E-state index contributed by atoms with van der Waals surface area (Å²) in [4.78, 5) is 12.6. The van der Waals surface area contributed by atoms with Crippen molar-refractivity contribution in [1.29, 1.82) is 0 Å². The number of carbonyl (C=O) groups is 1. The highest BCUT2D eigenvalue weighted by Gasteiger charge is 2.16. The molecule has 0 saturated heterocycles. The van der Waals surface area contributed by atoms with E-state index in [0.29, 0.717) is 35.1 Å². The van der Waals surface area contributed by atoms with Gasteiger partial charge in [-0.1, -0.05) is 18.2 Å². The first-order valence-corrected chi connectivity index (χ1v) is 8.33. The topological polar surface area (TPSA) is 85.5 Å². The van der Waals surface area contributed by atoms with Gasteiger partial charge in [-0.3, -0.25) is 9.89 Å². The summed E-state index contributed by atoms with van der Waals surface area (Å²) < 4.78 is 15.8.